The standard InChI is InChI=1S/2C27H37N3O2.C21H33BrO2/c1-26(32)11-9-19-17(14-26)5-6-21-20(19)10-12-27(2)22(21)7-8-23(27)24(31)16-30-15-18-4-3-13-28-25(18)29-30;1-26(32)11-9-19-17(14-26)5-6-21-20(19)10-12-27(2)22(21)7-8-23(27)24(31)16-30-25-18(15-29-30)4-3-13-28-25;1-20(24)9-7-14-13(11-20)3-4-16-15(14)8-10-21(2)17(16)5-6-18(21)19(23)12-22/h2*3-4,13,15,17,19-23,32H,5-12,14,16H2,1-2H3;13-18,24H,3-12H2,1-2H3/t2*17-,19+,20-,21-,22+,23-,26-,27+;13-,14+,15-,16-,17+,18-,20-,21+/m111/s1. The van der Waals surface area contributed by atoms with Crippen molar-refractivity contribution in [2.45, 2.75) is 245 Å². The monoisotopic (exact) mass is 1270 g/mol. The van der Waals surface area contributed by atoms with E-state index in [2.05, 4.69) is 56.9 Å². The van der Waals surface area contributed by atoms with Gasteiger partial charge in [-0.15, -0.1) is 0 Å². The van der Waals surface area contributed by atoms with Crippen LogP contribution >= 0.6 is 15.9 Å². The normalized spacial score (nSPS) is 46.3. The summed E-state index contributed by atoms with van der Waals surface area (Å²) < 4.78 is 3.61. The van der Waals surface area contributed by atoms with E-state index in [1.807, 2.05) is 57.4 Å². The Hall–Kier alpha value is -3.39. The Labute approximate surface area is 533 Å². The van der Waals surface area contributed by atoms with E-state index in [1.54, 1.807) is 21.8 Å². The van der Waals surface area contributed by atoms with Crippen LogP contribution in [0.5, 0.6) is 0 Å². The van der Waals surface area contributed by atoms with E-state index >= 15 is 0 Å². The minimum Gasteiger partial charge on any atom is -0.390 e. The molecule has 0 radical (unpaired) electrons. The predicted octanol–water partition coefficient (Wildman–Crippen LogP) is 15.0. The highest BCUT2D eigenvalue weighted by Gasteiger charge is 2.62. The number of ketones is 3. The van der Waals surface area contributed by atoms with E-state index in [9.17, 15) is 29.7 Å². The van der Waals surface area contributed by atoms with Crippen molar-refractivity contribution in [3.05, 3.63) is 49.1 Å². The van der Waals surface area contributed by atoms with Crippen LogP contribution in [0, 0.1) is 123 Å². The molecule has 4 aromatic rings. The van der Waals surface area contributed by atoms with Crippen molar-refractivity contribution < 1.29 is 29.7 Å². The molecule has 13 heteroatoms. The van der Waals surface area contributed by atoms with Gasteiger partial charge in [-0.05, 0) is 323 Å². The van der Waals surface area contributed by atoms with Gasteiger partial charge < -0.3 is 15.3 Å². The number of rotatable bonds is 8. The lowest BCUT2D eigenvalue weighted by molar-refractivity contribution is -0.133. The molecule has 12 aliphatic carbocycles. The molecule has 0 bridgehead atoms. The fraction of sp³-hybridized carbons (Fsp3) is 0.800. The molecule has 4 heterocycles. The van der Waals surface area contributed by atoms with Crippen LogP contribution in [0.4, 0.5) is 0 Å². The molecule has 0 amide bonds. The number of Topliss-reactive ketones (excluding diaryl/α,β-unsaturated/α-hetero) is 3. The molecule has 0 saturated heterocycles. The Morgan fingerprint density at radius 1 is 0.477 bits per heavy atom. The van der Waals surface area contributed by atoms with Crippen molar-refractivity contribution in [3.63, 3.8) is 0 Å². The maximum Gasteiger partial charge on any atom is 0.181 e. The molecule has 4 aromatic heterocycles. The number of carbonyl (C=O) groups excluding carboxylic acids is 3. The number of carbonyl (C=O) groups is 3. The van der Waals surface area contributed by atoms with Crippen molar-refractivity contribution in [1.29, 1.82) is 0 Å². The van der Waals surface area contributed by atoms with Crippen LogP contribution in [-0.2, 0) is 27.5 Å². The summed E-state index contributed by atoms with van der Waals surface area (Å²) in [6, 6.07) is 7.84. The molecule has 16 rings (SSSR count). The Morgan fingerprint density at radius 2 is 0.886 bits per heavy atom. The molecule has 0 unspecified atom stereocenters. The smallest absolute Gasteiger partial charge is 0.181 e. The van der Waals surface area contributed by atoms with Gasteiger partial charge in [-0.2, -0.15) is 10.2 Å². The first-order valence-corrected chi connectivity index (χ1v) is 37.0. The van der Waals surface area contributed by atoms with Crippen molar-refractivity contribution in [2.24, 2.45) is 123 Å². The first-order chi connectivity index (χ1) is 42.1. The molecular weight excluding hydrogens is 1160 g/mol. The van der Waals surface area contributed by atoms with Gasteiger partial charge in [0.05, 0.1) is 34.9 Å². The molecule has 88 heavy (non-hydrogen) atoms. The van der Waals surface area contributed by atoms with E-state index < -0.39 is 16.8 Å². The number of alkyl halides is 1. The first kappa shape index (κ1) is 62.1. The highest BCUT2D eigenvalue weighted by molar-refractivity contribution is 9.09. The van der Waals surface area contributed by atoms with Crippen LogP contribution in [0.3, 0.4) is 0 Å². The lowest BCUT2D eigenvalue weighted by Gasteiger charge is -2.56. The number of aromatic nitrogens is 6. The third kappa shape index (κ3) is 11.1. The fourth-order valence-corrected chi connectivity index (χ4v) is 25.9. The van der Waals surface area contributed by atoms with Crippen molar-refractivity contribution in [1.82, 2.24) is 29.5 Å². The van der Waals surface area contributed by atoms with Gasteiger partial charge in [-0.1, -0.05) is 36.7 Å². The van der Waals surface area contributed by atoms with Crippen LogP contribution in [0.2, 0.25) is 0 Å². The molecule has 0 spiro atoms. The molecule has 480 valence electrons. The van der Waals surface area contributed by atoms with Gasteiger partial charge in [0, 0.05) is 47.1 Å². The number of nitrogens with zero attached hydrogens (tertiary/aromatic N) is 6. The summed E-state index contributed by atoms with van der Waals surface area (Å²) in [4.78, 5) is 48.3. The number of fused-ring (bicyclic) bond motifs is 17. The third-order valence-electron chi connectivity index (χ3n) is 29.4. The molecule has 12 aliphatic rings. The summed E-state index contributed by atoms with van der Waals surface area (Å²) in [6.07, 6.45) is 39.1. The van der Waals surface area contributed by atoms with Crippen molar-refractivity contribution >= 4 is 55.3 Å². The summed E-state index contributed by atoms with van der Waals surface area (Å²) in [7, 11) is 0. The summed E-state index contributed by atoms with van der Waals surface area (Å²) in [5.41, 5.74) is 0.771. The zero-order chi connectivity index (χ0) is 61.3. The van der Waals surface area contributed by atoms with Gasteiger partial charge in [-0.3, -0.25) is 19.1 Å². The Balaban J connectivity index is 0.000000117. The highest BCUT2D eigenvalue weighted by atomic mass is 79.9. The number of pyridine rings is 2. The van der Waals surface area contributed by atoms with E-state index in [4.69, 9.17) is 0 Å². The second-order valence-corrected chi connectivity index (χ2v) is 34.6. The van der Waals surface area contributed by atoms with Crippen LogP contribution < -0.4 is 0 Å². The van der Waals surface area contributed by atoms with Gasteiger partial charge in [0.25, 0.3) is 0 Å². The Bertz CT molecular complexity index is 3180. The molecule has 12 fully saturated rings. The molecule has 12 saturated carbocycles. The van der Waals surface area contributed by atoms with E-state index in [0.717, 1.165) is 145 Å². The van der Waals surface area contributed by atoms with Crippen LogP contribution in [0.1, 0.15) is 215 Å². The van der Waals surface area contributed by atoms with Gasteiger partial charge in [-0.25, -0.2) is 14.6 Å². The van der Waals surface area contributed by atoms with Crippen LogP contribution in [-0.4, -0.2) is 84.3 Å². The SMILES string of the molecule is C[C@@]1(O)CC[C@H]2[C@H](CC[C@@H]3[C@@H]2CC[C@]2(C)[C@@H](C(=O)CBr)CC[C@@H]32)C1.C[C@@]1(O)CC[C@H]2[C@H](CC[C@@H]3[C@@H]2CC[C@]2(C)[C@@H](C(=O)Cn4cc5cccnc5n4)CC[C@@H]32)C1.C[C@@]1(O)CC[C@H]2[C@H](CC[C@@H]3[C@@H]2CC[C@]2(C)[C@@H](C(=O)Cn4ncc5cccnc54)CC[C@@H]32)C1. The van der Waals surface area contributed by atoms with Crippen molar-refractivity contribution in [3.8, 4) is 0 Å². The summed E-state index contributed by atoms with van der Waals surface area (Å²) >= 11 is 3.42. The largest absolute Gasteiger partial charge is 0.390 e. The maximum absolute atomic E-state index is 13.6. The average Bonchev–Trinajstić information content (AvgIpc) is 1.52. The second kappa shape index (κ2) is 23.6. The molecule has 0 aromatic carbocycles. The van der Waals surface area contributed by atoms with Gasteiger partial charge in [0.1, 0.15) is 12.3 Å². The minimum absolute atomic E-state index is 0.141. The summed E-state index contributed by atoms with van der Waals surface area (Å²) in [5, 5.41) is 43.3. The van der Waals surface area contributed by atoms with Crippen LogP contribution in [0.25, 0.3) is 22.1 Å². The third-order valence-corrected chi connectivity index (χ3v) is 29.9. The molecular formula is C75H107BrN6O6. The van der Waals surface area contributed by atoms with E-state index in [0.29, 0.717) is 65.4 Å². The second-order valence-electron chi connectivity index (χ2n) is 34.0. The molecule has 24 atom stereocenters. The van der Waals surface area contributed by atoms with Crippen molar-refractivity contribution in [2.75, 3.05) is 5.33 Å². The summed E-state index contributed by atoms with van der Waals surface area (Å²) in [5.74, 6) is 13.5. The number of halogens is 1. The number of aliphatic hydroxyl groups is 3. The lowest BCUT2D eigenvalue weighted by Crippen LogP contribution is -2.51. The topological polar surface area (TPSA) is 173 Å². The molecule has 12 nitrogen and oxygen atoms in total. The zero-order valence-corrected chi connectivity index (χ0v) is 55.9. The van der Waals surface area contributed by atoms with Gasteiger partial charge in [0.15, 0.2) is 22.9 Å². The fourth-order valence-electron chi connectivity index (χ4n) is 25.5. The minimum atomic E-state index is -0.451. The van der Waals surface area contributed by atoms with E-state index in [-0.39, 0.29) is 28.1 Å². The zero-order valence-electron chi connectivity index (χ0n) is 54.4. The van der Waals surface area contributed by atoms with E-state index in [1.165, 1.54) is 116 Å². The quantitative estimate of drug-likeness (QED) is 0.144. The average molecular weight is 1270 g/mol. The first-order valence-electron chi connectivity index (χ1n) is 35.9. The lowest BCUT2D eigenvalue weighted by atomic mass is 9.49. The molecule has 0 aliphatic heterocycles. The Kier molecular flexibility index (Phi) is 16.6. The highest BCUT2D eigenvalue weighted by Crippen LogP contribution is 2.68. The van der Waals surface area contributed by atoms with Gasteiger partial charge in [0.2, 0.25) is 0 Å². The maximum atomic E-state index is 13.6. The van der Waals surface area contributed by atoms with Gasteiger partial charge >= 0.3 is 0 Å². The number of hydrogen-bond donors (Lipinski definition) is 3. The van der Waals surface area contributed by atoms with Crippen LogP contribution in [0.15, 0.2) is 49.1 Å². The summed E-state index contributed by atoms with van der Waals surface area (Å²) in [6.45, 7) is 14.1. The predicted molar refractivity (Wildman–Crippen MR) is 348 cm³/mol. The Morgan fingerprint density at radius 3 is 1.33 bits per heavy atom. The molecule has 3 N–H and O–H groups in total. The number of hydrogen-bond acceptors (Lipinski definition) is 10.